The lowest BCUT2D eigenvalue weighted by molar-refractivity contribution is 0.218. The molecule has 2 aromatic heterocycles. The lowest BCUT2D eigenvalue weighted by Gasteiger charge is -2.13. The maximum atomic E-state index is 10.4. The van der Waals surface area contributed by atoms with Gasteiger partial charge < -0.3 is 5.11 Å². The first-order chi connectivity index (χ1) is 8.52. The number of hydrogen-bond donors (Lipinski definition) is 1. The Hall–Kier alpha value is -1.39. The van der Waals surface area contributed by atoms with E-state index in [1.165, 1.54) is 0 Å². The molecule has 96 valence electrons. The summed E-state index contributed by atoms with van der Waals surface area (Å²) in [6.45, 7) is 4.05. The number of aliphatic hydroxyl groups is 1. The molecule has 18 heavy (non-hydrogen) atoms. The van der Waals surface area contributed by atoms with Gasteiger partial charge in [-0.3, -0.25) is 9.67 Å². The third-order valence-corrected chi connectivity index (χ3v) is 3.31. The number of pyridine rings is 1. The number of rotatable bonds is 3. The Morgan fingerprint density at radius 3 is 2.67 bits per heavy atom. The van der Waals surface area contributed by atoms with E-state index in [0.29, 0.717) is 16.3 Å². The summed E-state index contributed by atoms with van der Waals surface area (Å²) in [5.41, 5.74) is 2.20. The van der Waals surface area contributed by atoms with Gasteiger partial charge in [0.15, 0.2) is 0 Å². The van der Waals surface area contributed by atoms with Gasteiger partial charge >= 0.3 is 0 Å². The quantitative estimate of drug-likeness (QED) is 0.928. The summed E-state index contributed by atoms with van der Waals surface area (Å²) in [5.74, 6) is 0.199. The van der Waals surface area contributed by atoms with E-state index in [9.17, 15) is 5.11 Å². The zero-order chi connectivity index (χ0) is 13.3. The lowest BCUT2D eigenvalue weighted by atomic mass is 9.98. The molecule has 0 saturated heterocycles. The molecule has 1 N–H and O–H groups in total. The molecule has 1 atom stereocenters. The minimum absolute atomic E-state index is 0.199. The molecule has 2 rings (SSSR count). The molecule has 0 bridgehead atoms. The summed E-state index contributed by atoms with van der Waals surface area (Å²) in [6.07, 6.45) is 2.51. The highest BCUT2D eigenvalue weighted by Crippen LogP contribution is 2.33. The maximum Gasteiger partial charge on any atom is 0.133 e. The summed E-state index contributed by atoms with van der Waals surface area (Å²) < 4.78 is 1.59. The van der Waals surface area contributed by atoms with Crippen LogP contribution >= 0.6 is 11.6 Å². The van der Waals surface area contributed by atoms with E-state index in [4.69, 9.17) is 11.6 Å². The molecule has 0 aliphatic carbocycles. The third-order valence-electron chi connectivity index (χ3n) is 2.86. The van der Waals surface area contributed by atoms with Crippen LogP contribution in [0.2, 0.25) is 5.15 Å². The molecular weight excluding hydrogens is 250 g/mol. The van der Waals surface area contributed by atoms with Crippen molar-refractivity contribution in [1.82, 2.24) is 14.8 Å². The van der Waals surface area contributed by atoms with Crippen molar-refractivity contribution in [2.24, 2.45) is 7.05 Å². The normalized spacial score (nSPS) is 13.0. The summed E-state index contributed by atoms with van der Waals surface area (Å²) in [4.78, 5) is 4.01. The van der Waals surface area contributed by atoms with Gasteiger partial charge in [-0.1, -0.05) is 31.5 Å². The predicted octanol–water partition coefficient (Wildman–Crippen LogP) is 2.67. The fourth-order valence-electron chi connectivity index (χ4n) is 1.92. The highest BCUT2D eigenvalue weighted by Gasteiger charge is 2.24. The van der Waals surface area contributed by atoms with Crippen LogP contribution < -0.4 is 0 Å². The largest absolute Gasteiger partial charge is 0.383 e. The van der Waals surface area contributed by atoms with Crippen LogP contribution in [-0.4, -0.2) is 19.9 Å². The molecule has 2 aromatic rings. The molecule has 2 heterocycles. The summed E-state index contributed by atoms with van der Waals surface area (Å²) in [5, 5.41) is 15.3. The predicted molar refractivity (Wildman–Crippen MR) is 70.6 cm³/mol. The second-order valence-electron chi connectivity index (χ2n) is 4.56. The number of aromatic nitrogens is 3. The first-order valence-corrected chi connectivity index (χ1v) is 6.20. The number of nitrogens with zero attached hydrogens (tertiary/aromatic N) is 3. The molecule has 0 radical (unpaired) electrons. The van der Waals surface area contributed by atoms with Crippen LogP contribution in [0.3, 0.4) is 0 Å². The fourth-order valence-corrected chi connectivity index (χ4v) is 2.16. The van der Waals surface area contributed by atoms with E-state index in [1.807, 2.05) is 19.9 Å². The van der Waals surface area contributed by atoms with Gasteiger partial charge in [0.05, 0.1) is 5.69 Å². The van der Waals surface area contributed by atoms with Crippen LogP contribution in [0.15, 0.2) is 24.5 Å². The van der Waals surface area contributed by atoms with E-state index in [0.717, 1.165) is 5.69 Å². The van der Waals surface area contributed by atoms with E-state index in [1.54, 1.807) is 30.2 Å². The van der Waals surface area contributed by atoms with Crippen molar-refractivity contribution in [2.75, 3.05) is 0 Å². The first kappa shape index (κ1) is 13.1. The second kappa shape index (κ2) is 5.08. The van der Waals surface area contributed by atoms with Crippen LogP contribution in [0.4, 0.5) is 0 Å². The second-order valence-corrected chi connectivity index (χ2v) is 4.91. The number of aryl methyl sites for hydroxylation is 1. The highest BCUT2D eigenvalue weighted by molar-refractivity contribution is 6.30. The van der Waals surface area contributed by atoms with Gasteiger partial charge in [-0.25, -0.2) is 0 Å². The molecule has 0 aliphatic heterocycles. The molecule has 0 aromatic carbocycles. The van der Waals surface area contributed by atoms with Crippen LogP contribution in [-0.2, 0) is 7.05 Å². The standard InChI is InChI=1S/C13H16ClN3O/c1-8(2)11-10(13(14)17(3)16-11)12(18)9-5-4-6-15-7-9/h4-8,12,18H,1-3H3. The Bertz CT molecular complexity index is 537. The molecule has 0 spiro atoms. The van der Waals surface area contributed by atoms with E-state index in [-0.39, 0.29) is 5.92 Å². The molecule has 0 amide bonds. The maximum absolute atomic E-state index is 10.4. The van der Waals surface area contributed by atoms with Gasteiger partial charge in [-0.05, 0) is 12.0 Å². The molecule has 4 nitrogen and oxygen atoms in total. The minimum atomic E-state index is -0.794. The number of aliphatic hydroxyl groups excluding tert-OH is 1. The SMILES string of the molecule is CC(C)c1nn(C)c(Cl)c1C(O)c1cccnc1. The molecule has 0 saturated carbocycles. The van der Waals surface area contributed by atoms with Gasteiger partial charge in [0.25, 0.3) is 0 Å². The van der Waals surface area contributed by atoms with Crippen molar-refractivity contribution in [3.8, 4) is 0 Å². The van der Waals surface area contributed by atoms with Crippen LogP contribution in [0.1, 0.15) is 42.7 Å². The highest BCUT2D eigenvalue weighted by atomic mass is 35.5. The summed E-state index contributed by atoms with van der Waals surface area (Å²) in [6, 6.07) is 3.61. The van der Waals surface area contributed by atoms with Gasteiger partial charge in [0.1, 0.15) is 11.3 Å². The fraction of sp³-hybridized carbons (Fsp3) is 0.385. The van der Waals surface area contributed by atoms with E-state index in [2.05, 4.69) is 10.1 Å². The number of halogens is 1. The van der Waals surface area contributed by atoms with Crippen LogP contribution in [0.25, 0.3) is 0 Å². The van der Waals surface area contributed by atoms with Crippen molar-refractivity contribution >= 4 is 11.6 Å². The Kier molecular flexibility index (Phi) is 3.68. The number of hydrogen-bond acceptors (Lipinski definition) is 3. The first-order valence-electron chi connectivity index (χ1n) is 5.82. The van der Waals surface area contributed by atoms with Gasteiger partial charge in [-0.2, -0.15) is 5.10 Å². The smallest absolute Gasteiger partial charge is 0.133 e. The summed E-state index contributed by atoms with van der Waals surface area (Å²) in [7, 11) is 1.77. The van der Waals surface area contributed by atoms with Crippen molar-refractivity contribution in [2.45, 2.75) is 25.9 Å². The van der Waals surface area contributed by atoms with E-state index >= 15 is 0 Å². The zero-order valence-corrected chi connectivity index (χ0v) is 11.4. The van der Waals surface area contributed by atoms with Crippen molar-refractivity contribution in [3.63, 3.8) is 0 Å². The monoisotopic (exact) mass is 265 g/mol. The van der Waals surface area contributed by atoms with Gasteiger partial charge in [0.2, 0.25) is 0 Å². The molecule has 0 fully saturated rings. The van der Waals surface area contributed by atoms with Crippen molar-refractivity contribution in [3.05, 3.63) is 46.5 Å². The van der Waals surface area contributed by atoms with Gasteiger partial charge in [0, 0.05) is 30.6 Å². The van der Waals surface area contributed by atoms with Crippen molar-refractivity contribution in [1.29, 1.82) is 0 Å². The Labute approximate surface area is 111 Å². The molecule has 0 aliphatic rings. The minimum Gasteiger partial charge on any atom is -0.383 e. The van der Waals surface area contributed by atoms with Gasteiger partial charge in [-0.15, -0.1) is 0 Å². The van der Waals surface area contributed by atoms with Crippen LogP contribution in [0, 0.1) is 0 Å². The Morgan fingerprint density at radius 2 is 2.11 bits per heavy atom. The average molecular weight is 266 g/mol. The average Bonchev–Trinajstić information content (AvgIpc) is 2.66. The molecule has 1 unspecified atom stereocenters. The summed E-state index contributed by atoms with van der Waals surface area (Å²) >= 11 is 6.22. The van der Waals surface area contributed by atoms with Crippen molar-refractivity contribution < 1.29 is 5.11 Å². The molecular formula is C13H16ClN3O. The Morgan fingerprint density at radius 1 is 1.39 bits per heavy atom. The third kappa shape index (κ3) is 2.26. The zero-order valence-electron chi connectivity index (χ0n) is 10.6. The molecule has 5 heteroatoms. The topological polar surface area (TPSA) is 50.9 Å². The lowest BCUT2D eigenvalue weighted by Crippen LogP contribution is -2.04. The van der Waals surface area contributed by atoms with Crippen LogP contribution in [0.5, 0.6) is 0 Å². The Balaban J connectivity index is 2.50. The van der Waals surface area contributed by atoms with E-state index < -0.39 is 6.10 Å².